The van der Waals surface area contributed by atoms with Crippen LogP contribution in [0.1, 0.15) is 24.0 Å². The largest absolute Gasteiger partial charge is 0.103 e. The van der Waals surface area contributed by atoms with Gasteiger partial charge in [-0.15, -0.1) is 6.58 Å². The highest BCUT2D eigenvalue weighted by Crippen LogP contribution is 2.30. The van der Waals surface area contributed by atoms with Crippen LogP contribution in [0.2, 0.25) is 0 Å². The molecule has 0 aromatic heterocycles. The molecule has 0 bridgehead atoms. The van der Waals surface area contributed by atoms with E-state index in [-0.39, 0.29) is 0 Å². The normalized spacial score (nSPS) is 15.4. The molecule has 0 nitrogen and oxygen atoms in total. The third-order valence-electron chi connectivity index (χ3n) is 2.39. The van der Waals surface area contributed by atoms with Gasteiger partial charge in [0.15, 0.2) is 0 Å². The van der Waals surface area contributed by atoms with E-state index in [0.29, 0.717) is 0 Å². The predicted octanol–water partition coefficient (Wildman–Crippen LogP) is 3.60. The Hall–Kier alpha value is -1.30. The zero-order valence-corrected chi connectivity index (χ0v) is 7.66. The first kappa shape index (κ1) is 8.31. The summed E-state index contributed by atoms with van der Waals surface area (Å²) in [5, 5.41) is 0. The lowest BCUT2D eigenvalue weighted by atomic mass is 9.85. The van der Waals surface area contributed by atoms with E-state index in [1.165, 1.54) is 17.0 Å². The first-order valence-electron chi connectivity index (χ1n) is 4.63. The molecule has 0 N–H and O–H groups in total. The van der Waals surface area contributed by atoms with Gasteiger partial charge in [-0.1, -0.05) is 42.5 Å². The first-order chi connectivity index (χ1) is 6.42. The first-order valence-corrected chi connectivity index (χ1v) is 4.63. The monoisotopic (exact) mass is 169 g/mol. The molecule has 0 heterocycles. The number of hydrogen-bond acceptors (Lipinski definition) is 0. The molecule has 0 saturated carbocycles. The van der Waals surface area contributed by atoms with E-state index in [2.05, 4.69) is 43.0 Å². The predicted molar refractivity (Wildman–Crippen MR) is 57.3 cm³/mol. The summed E-state index contributed by atoms with van der Waals surface area (Å²) in [4.78, 5) is 0. The molecule has 1 aromatic carbocycles. The number of rotatable bonds is 2. The van der Waals surface area contributed by atoms with Crippen molar-refractivity contribution in [2.75, 3.05) is 0 Å². The van der Waals surface area contributed by atoms with Crippen LogP contribution in [-0.2, 0) is 0 Å². The van der Waals surface area contributed by atoms with E-state index in [0.717, 1.165) is 12.8 Å². The van der Waals surface area contributed by atoms with Gasteiger partial charge in [0.05, 0.1) is 0 Å². The second-order valence-electron chi connectivity index (χ2n) is 3.29. The van der Waals surface area contributed by atoms with Gasteiger partial charge in [-0.25, -0.2) is 0 Å². The minimum Gasteiger partial charge on any atom is -0.103 e. The zero-order chi connectivity index (χ0) is 9.10. The lowest BCUT2D eigenvalue weighted by Gasteiger charge is -2.19. The van der Waals surface area contributed by atoms with Crippen LogP contribution >= 0.6 is 0 Å². The van der Waals surface area contributed by atoms with Gasteiger partial charge in [-0.2, -0.15) is 0 Å². The summed E-state index contributed by atoms with van der Waals surface area (Å²) in [6.45, 7) is 3.78. The second kappa shape index (κ2) is 3.61. The highest BCUT2D eigenvalue weighted by Gasteiger charge is 2.14. The summed E-state index contributed by atoms with van der Waals surface area (Å²) in [5.41, 5.74) is 2.73. The molecule has 1 aliphatic carbocycles. The fourth-order valence-electron chi connectivity index (χ4n) is 1.77. The summed E-state index contributed by atoms with van der Waals surface area (Å²) in [6, 6.07) is 8.53. The van der Waals surface area contributed by atoms with Crippen LogP contribution in [0.25, 0.3) is 6.08 Å². The molecule has 0 spiro atoms. The maximum absolute atomic E-state index is 3.78. The molecule has 2 rings (SSSR count). The molecule has 0 saturated heterocycles. The molecule has 1 aromatic rings. The molecule has 1 aliphatic rings. The van der Waals surface area contributed by atoms with Crippen LogP contribution in [0.3, 0.4) is 0 Å². The lowest BCUT2D eigenvalue weighted by Crippen LogP contribution is -2.03. The minimum atomic E-state index is 1.00. The van der Waals surface area contributed by atoms with Crippen molar-refractivity contribution in [2.24, 2.45) is 0 Å². The second-order valence-corrected chi connectivity index (χ2v) is 3.29. The molecule has 0 aliphatic heterocycles. The molecular weight excluding hydrogens is 156 g/mol. The molecular formula is C13H13. The third kappa shape index (κ3) is 1.57. The van der Waals surface area contributed by atoms with Gasteiger partial charge >= 0.3 is 0 Å². The van der Waals surface area contributed by atoms with Crippen LogP contribution in [0.5, 0.6) is 0 Å². The Bertz CT molecular complexity index is 334. The maximum atomic E-state index is 3.78. The molecule has 0 fully saturated rings. The minimum absolute atomic E-state index is 1.00. The van der Waals surface area contributed by atoms with Crippen molar-refractivity contribution in [1.82, 2.24) is 0 Å². The quantitative estimate of drug-likeness (QED) is 0.593. The third-order valence-corrected chi connectivity index (χ3v) is 2.39. The van der Waals surface area contributed by atoms with Gasteiger partial charge in [0.1, 0.15) is 0 Å². The Labute approximate surface area is 79.6 Å². The van der Waals surface area contributed by atoms with Gasteiger partial charge in [0.2, 0.25) is 0 Å². The molecule has 0 amide bonds. The van der Waals surface area contributed by atoms with Crippen LogP contribution in [0.15, 0.2) is 43.0 Å². The van der Waals surface area contributed by atoms with Gasteiger partial charge in [0, 0.05) is 5.92 Å². The SMILES string of the molecule is C=CC[C]1CC=Cc2ccccc21. The number of allylic oxidation sites excluding steroid dienone is 2. The van der Waals surface area contributed by atoms with E-state index < -0.39 is 0 Å². The van der Waals surface area contributed by atoms with Crippen LogP contribution in [0.4, 0.5) is 0 Å². The summed E-state index contributed by atoms with van der Waals surface area (Å²) in [7, 11) is 0. The van der Waals surface area contributed by atoms with Crippen molar-refractivity contribution in [1.29, 1.82) is 0 Å². The molecule has 65 valence electrons. The smallest absolute Gasteiger partial charge is 0.0131 e. The highest BCUT2D eigenvalue weighted by molar-refractivity contribution is 5.61. The Morgan fingerprint density at radius 2 is 2.15 bits per heavy atom. The maximum Gasteiger partial charge on any atom is 0.0131 e. The molecule has 13 heavy (non-hydrogen) atoms. The van der Waals surface area contributed by atoms with Gasteiger partial charge in [0.25, 0.3) is 0 Å². The molecule has 0 atom stereocenters. The van der Waals surface area contributed by atoms with Crippen molar-refractivity contribution in [2.45, 2.75) is 12.8 Å². The van der Waals surface area contributed by atoms with E-state index in [1.807, 2.05) is 6.08 Å². The van der Waals surface area contributed by atoms with E-state index >= 15 is 0 Å². The van der Waals surface area contributed by atoms with Crippen LogP contribution < -0.4 is 0 Å². The van der Waals surface area contributed by atoms with Crippen LogP contribution in [0, 0.1) is 5.92 Å². The molecule has 0 heteroatoms. The van der Waals surface area contributed by atoms with E-state index in [4.69, 9.17) is 0 Å². The van der Waals surface area contributed by atoms with Gasteiger partial charge in [-0.3, -0.25) is 0 Å². The summed E-state index contributed by atoms with van der Waals surface area (Å²) < 4.78 is 0. The zero-order valence-electron chi connectivity index (χ0n) is 7.66. The van der Waals surface area contributed by atoms with E-state index in [9.17, 15) is 0 Å². The average molecular weight is 169 g/mol. The summed E-state index contributed by atoms with van der Waals surface area (Å²) in [5.74, 6) is 1.48. The molecule has 0 unspecified atom stereocenters. The van der Waals surface area contributed by atoms with Crippen molar-refractivity contribution < 1.29 is 0 Å². The van der Waals surface area contributed by atoms with Crippen LogP contribution in [-0.4, -0.2) is 0 Å². The fraction of sp³-hybridized carbons (Fsp3) is 0.154. The summed E-state index contributed by atoms with van der Waals surface area (Å²) >= 11 is 0. The van der Waals surface area contributed by atoms with E-state index in [1.54, 1.807) is 0 Å². The van der Waals surface area contributed by atoms with Crippen molar-refractivity contribution in [3.63, 3.8) is 0 Å². The average Bonchev–Trinajstić information content (AvgIpc) is 2.19. The number of fused-ring (bicyclic) bond motifs is 1. The number of hydrogen-bond donors (Lipinski definition) is 0. The standard InChI is InChI=1S/C13H13/c1-2-6-11-8-5-9-12-7-3-4-10-13(11)12/h2-5,7,9-10H,1,6,8H2. The Morgan fingerprint density at radius 1 is 1.31 bits per heavy atom. The highest BCUT2D eigenvalue weighted by atomic mass is 14.2. The fourth-order valence-corrected chi connectivity index (χ4v) is 1.77. The number of benzene rings is 1. The van der Waals surface area contributed by atoms with Crippen molar-refractivity contribution in [3.05, 3.63) is 60.0 Å². The summed E-state index contributed by atoms with van der Waals surface area (Å²) in [6.07, 6.45) is 8.47. The van der Waals surface area contributed by atoms with Crippen molar-refractivity contribution in [3.8, 4) is 0 Å². The Morgan fingerprint density at radius 3 is 3.00 bits per heavy atom. The van der Waals surface area contributed by atoms with Gasteiger partial charge < -0.3 is 0 Å². The lowest BCUT2D eigenvalue weighted by molar-refractivity contribution is 0.939. The van der Waals surface area contributed by atoms with Gasteiger partial charge in [-0.05, 0) is 24.0 Å². The molecule has 1 radical (unpaired) electrons. The van der Waals surface area contributed by atoms with Crippen molar-refractivity contribution >= 4 is 6.08 Å². The topological polar surface area (TPSA) is 0 Å². The Kier molecular flexibility index (Phi) is 2.31. The Balaban J connectivity index is 2.37.